The van der Waals surface area contributed by atoms with Crippen molar-refractivity contribution in [1.82, 2.24) is 0 Å². The van der Waals surface area contributed by atoms with E-state index in [-0.39, 0.29) is 5.78 Å². The van der Waals surface area contributed by atoms with E-state index in [9.17, 15) is 4.79 Å². The third-order valence-corrected chi connectivity index (χ3v) is 3.75. The van der Waals surface area contributed by atoms with Crippen LogP contribution in [0.15, 0.2) is 24.3 Å². The Kier molecular flexibility index (Phi) is 4.56. The Morgan fingerprint density at radius 2 is 2.05 bits per heavy atom. The quantitative estimate of drug-likeness (QED) is 0.826. The van der Waals surface area contributed by atoms with Gasteiger partial charge in [0.25, 0.3) is 0 Å². The smallest absolute Gasteiger partial charge is 0.174 e. The van der Waals surface area contributed by atoms with Crippen molar-refractivity contribution < 1.29 is 14.3 Å². The minimum atomic E-state index is -0.495. The second-order valence-electron chi connectivity index (χ2n) is 4.86. The highest BCUT2D eigenvalue weighted by atomic mass is 16.5. The fourth-order valence-corrected chi connectivity index (χ4v) is 2.51. The molecule has 0 atom stereocenters. The molecule has 2 rings (SSSR count). The van der Waals surface area contributed by atoms with Crippen molar-refractivity contribution in [1.29, 1.82) is 0 Å². The van der Waals surface area contributed by atoms with Gasteiger partial charge in [-0.3, -0.25) is 4.79 Å². The van der Waals surface area contributed by atoms with Crippen molar-refractivity contribution in [3.8, 4) is 5.75 Å². The average Bonchev–Trinajstić information content (AvgIpc) is 2.48. The highest BCUT2D eigenvalue weighted by Gasteiger charge is 2.40. The van der Waals surface area contributed by atoms with Crippen LogP contribution in [0.5, 0.6) is 5.75 Å². The van der Waals surface area contributed by atoms with Gasteiger partial charge in [0.2, 0.25) is 0 Å². The molecule has 2 N–H and O–H groups in total. The Labute approximate surface area is 113 Å². The van der Waals surface area contributed by atoms with Gasteiger partial charge in [0.05, 0.1) is 17.6 Å². The van der Waals surface area contributed by atoms with Crippen molar-refractivity contribution in [2.24, 2.45) is 11.1 Å². The van der Waals surface area contributed by atoms with E-state index in [1.807, 2.05) is 31.2 Å². The molecule has 1 aliphatic rings. The minimum absolute atomic E-state index is 0.0855. The molecule has 1 aromatic rings. The van der Waals surface area contributed by atoms with E-state index in [1.54, 1.807) is 0 Å². The molecule has 0 aliphatic carbocycles. The summed E-state index contributed by atoms with van der Waals surface area (Å²) in [6.07, 6.45) is 1.37. The molecule has 0 saturated carbocycles. The van der Waals surface area contributed by atoms with Gasteiger partial charge in [0, 0.05) is 19.8 Å². The topological polar surface area (TPSA) is 61.5 Å². The number of Topliss-reactive ketones (excluding diaryl/α,β-unsaturated/α-hetero) is 1. The first-order valence-electron chi connectivity index (χ1n) is 6.78. The van der Waals surface area contributed by atoms with Gasteiger partial charge < -0.3 is 15.2 Å². The number of hydrogen-bond donors (Lipinski definition) is 1. The SMILES string of the molecule is CCOc1ccccc1C(=O)C1(CN)CCOCC1. The fraction of sp³-hybridized carbons (Fsp3) is 0.533. The Morgan fingerprint density at radius 1 is 1.37 bits per heavy atom. The van der Waals surface area contributed by atoms with Crippen LogP contribution in [0.2, 0.25) is 0 Å². The lowest BCUT2D eigenvalue weighted by molar-refractivity contribution is 0.0198. The number of benzene rings is 1. The third kappa shape index (κ3) is 2.80. The van der Waals surface area contributed by atoms with Crippen molar-refractivity contribution in [3.05, 3.63) is 29.8 Å². The van der Waals surface area contributed by atoms with E-state index in [0.29, 0.717) is 50.5 Å². The Bertz CT molecular complexity index is 439. The van der Waals surface area contributed by atoms with Gasteiger partial charge in [-0.25, -0.2) is 0 Å². The van der Waals surface area contributed by atoms with Crippen molar-refractivity contribution in [2.75, 3.05) is 26.4 Å². The molecule has 0 radical (unpaired) electrons. The summed E-state index contributed by atoms with van der Waals surface area (Å²) in [5.41, 5.74) is 6.02. The van der Waals surface area contributed by atoms with Crippen LogP contribution < -0.4 is 10.5 Å². The van der Waals surface area contributed by atoms with Crippen molar-refractivity contribution in [3.63, 3.8) is 0 Å². The molecule has 4 heteroatoms. The number of ether oxygens (including phenoxy) is 2. The molecule has 0 aromatic heterocycles. The number of nitrogens with two attached hydrogens (primary N) is 1. The van der Waals surface area contributed by atoms with Crippen LogP contribution in [-0.2, 0) is 4.74 Å². The summed E-state index contributed by atoms with van der Waals surface area (Å²) in [5.74, 6) is 0.733. The first-order chi connectivity index (χ1) is 9.23. The summed E-state index contributed by atoms with van der Waals surface area (Å²) in [4.78, 5) is 12.8. The maximum absolute atomic E-state index is 12.8. The van der Waals surface area contributed by atoms with Crippen LogP contribution in [0.25, 0.3) is 0 Å². The zero-order valence-corrected chi connectivity index (χ0v) is 11.4. The average molecular weight is 263 g/mol. The monoisotopic (exact) mass is 263 g/mol. The lowest BCUT2D eigenvalue weighted by Gasteiger charge is -2.34. The molecule has 19 heavy (non-hydrogen) atoms. The van der Waals surface area contributed by atoms with E-state index in [2.05, 4.69) is 0 Å². The van der Waals surface area contributed by atoms with Crippen LogP contribution in [0.4, 0.5) is 0 Å². The lowest BCUT2D eigenvalue weighted by Crippen LogP contribution is -2.43. The van der Waals surface area contributed by atoms with Gasteiger partial charge in [-0.15, -0.1) is 0 Å². The first kappa shape index (κ1) is 14.0. The fourth-order valence-electron chi connectivity index (χ4n) is 2.51. The molecule has 0 amide bonds. The maximum Gasteiger partial charge on any atom is 0.174 e. The van der Waals surface area contributed by atoms with Gasteiger partial charge in [-0.05, 0) is 31.9 Å². The van der Waals surface area contributed by atoms with E-state index >= 15 is 0 Å². The van der Waals surface area contributed by atoms with E-state index in [4.69, 9.17) is 15.2 Å². The number of ketones is 1. The summed E-state index contributed by atoms with van der Waals surface area (Å²) in [6, 6.07) is 7.39. The molecule has 1 fully saturated rings. The number of carbonyl (C=O) groups is 1. The van der Waals surface area contributed by atoms with E-state index < -0.39 is 5.41 Å². The predicted octanol–water partition coefficient (Wildman–Crippen LogP) is 2.02. The second kappa shape index (κ2) is 6.17. The molecule has 0 unspecified atom stereocenters. The molecule has 1 saturated heterocycles. The van der Waals surface area contributed by atoms with Crippen LogP contribution in [0.3, 0.4) is 0 Å². The molecule has 1 heterocycles. The van der Waals surface area contributed by atoms with Crippen LogP contribution >= 0.6 is 0 Å². The van der Waals surface area contributed by atoms with Crippen molar-refractivity contribution in [2.45, 2.75) is 19.8 Å². The highest BCUT2D eigenvalue weighted by molar-refractivity contribution is 6.03. The third-order valence-electron chi connectivity index (χ3n) is 3.75. The summed E-state index contributed by atoms with van der Waals surface area (Å²) >= 11 is 0. The van der Waals surface area contributed by atoms with Crippen LogP contribution in [0.1, 0.15) is 30.1 Å². The number of hydrogen-bond acceptors (Lipinski definition) is 4. The maximum atomic E-state index is 12.8. The predicted molar refractivity (Wildman–Crippen MR) is 73.5 cm³/mol. The van der Waals surface area contributed by atoms with Gasteiger partial charge in [0.1, 0.15) is 5.75 Å². The zero-order chi connectivity index (χ0) is 13.7. The molecule has 104 valence electrons. The molecular weight excluding hydrogens is 242 g/mol. The minimum Gasteiger partial charge on any atom is -0.493 e. The van der Waals surface area contributed by atoms with Crippen LogP contribution in [0, 0.1) is 5.41 Å². The highest BCUT2D eigenvalue weighted by Crippen LogP contribution is 2.35. The van der Waals surface area contributed by atoms with Gasteiger partial charge in [-0.1, -0.05) is 12.1 Å². The number of carbonyl (C=O) groups excluding carboxylic acids is 1. The van der Waals surface area contributed by atoms with Gasteiger partial charge >= 0.3 is 0 Å². The summed E-state index contributed by atoms with van der Waals surface area (Å²) in [6.45, 7) is 4.01. The molecule has 1 aromatic carbocycles. The standard InChI is InChI=1S/C15H21NO3/c1-2-19-13-6-4-3-5-12(13)14(17)15(11-16)7-9-18-10-8-15/h3-6H,2,7-11,16H2,1H3. The Morgan fingerprint density at radius 3 is 2.68 bits per heavy atom. The second-order valence-corrected chi connectivity index (χ2v) is 4.86. The first-order valence-corrected chi connectivity index (χ1v) is 6.78. The van der Waals surface area contributed by atoms with E-state index in [0.717, 1.165) is 0 Å². The molecule has 0 spiro atoms. The summed E-state index contributed by atoms with van der Waals surface area (Å²) in [7, 11) is 0. The van der Waals surface area contributed by atoms with Gasteiger partial charge in [-0.2, -0.15) is 0 Å². The number of para-hydroxylation sites is 1. The summed E-state index contributed by atoms with van der Waals surface area (Å²) < 4.78 is 10.9. The Balaban J connectivity index is 2.31. The van der Waals surface area contributed by atoms with E-state index in [1.165, 1.54) is 0 Å². The summed E-state index contributed by atoms with van der Waals surface area (Å²) in [5, 5.41) is 0. The Hall–Kier alpha value is -1.39. The number of rotatable bonds is 5. The molecular formula is C15H21NO3. The largest absolute Gasteiger partial charge is 0.493 e. The molecule has 4 nitrogen and oxygen atoms in total. The lowest BCUT2D eigenvalue weighted by atomic mass is 9.74. The van der Waals surface area contributed by atoms with Crippen molar-refractivity contribution >= 4 is 5.78 Å². The molecule has 0 bridgehead atoms. The molecule has 1 aliphatic heterocycles. The normalized spacial score (nSPS) is 18.0. The zero-order valence-electron chi connectivity index (χ0n) is 11.4. The van der Waals surface area contributed by atoms with Gasteiger partial charge in [0.15, 0.2) is 5.78 Å². The van der Waals surface area contributed by atoms with Crippen LogP contribution in [-0.4, -0.2) is 32.1 Å².